The molecule has 168 valence electrons. The maximum atomic E-state index is 13.1. The summed E-state index contributed by atoms with van der Waals surface area (Å²) in [5.41, 5.74) is 2.55. The molecule has 0 aliphatic carbocycles. The number of aromatic nitrogens is 1. The number of aromatic hydroxyl groups is 1. The van der Waals surface area contributed by atoms with Crippen molar-refractivity contribution in [3.05, 3.63) is 87.8 Å². The summed E-state index contributed by atoms with van der Waals surface area (Å²) >= 11 is 6.27. The number of ether oxygens (including phenoxy) is 1. The largest absolute Gasteiger partial charge is 0.507 e. The molecule has 3 aromatic rings. The van der Waals surface area contributed by atoms with E-state index in [-0.39, 0.29) is 17.3 Å². The number of pyridine rings is 1. The maximum absolute atomic E-state index is 13.1. The van der Waals surface area contributed by atoms with E-state index in [4.69, 9.17) is 16.3 Å². The Morgan fingerprint density at radius 2 is 1.88 bits per heavy atom. The van der Waals surface area contributed by atoms with Crippen molar-refractivity contribution in [1.29, 1.82) is 0 Å². The number of ketones is 1. The second-order valence-electron chi connectivity index (χ2n) is 8.31. The highest BCUT2D eigenvalue weighted by molar-refractivity contribution is 6.32. The van der Waals surface area contributed by atoms with Crippen LogP contribution < -0.4 is 9.64 Å². The fourth-order valence-electron chi connectivity index (χ4n) is 4.37. The van der Waals surface area contributed by atoms with E-state index < -0.39 is 0 Å². The van der Waals surface area contributed by atoms with Gasteiger partial charge in [-0.1, -0.05) is 35.9 Å². The van der Waals surface area contributed by atoms with Crippen LogP contribution in [0.4, 0.5) is 5.82 Å². The second-order valence-corrected chi connectivity index (χ2v) is 8.71. The number of rotatable bonds is 4. The number of hydrogen-bond donors (Lipinski definition) is 1. The van der Waals surface area contributed by atoms with Gasteiger partial charge in [0.15, 0.2) is 5.76 Å². The number of aryl methyl sites for hydroxylation is 1. The summed E-state index contributed by atoms with van der Waals surface area (Å²) in [6, 6.07) is 14.9. The van der Waals surface area contributed by atoms with Crippen LogP contribution in [-0.4, -0.2) is 47.0 Å². The number of halogens is 1. The molecule has 2 aliphatic heterocycles. The van der Waals surface area contributed by atoms with Crippen molar-refractivity contribution in [3.8, 4) is 11.5 Å². The molecule has 1 saturated heterocycles. The SMILES string of the molecule is Cc1cc(O)c(CN2CCN(c3ccccn3)CC2)c2c1C(=O)/C(=C/c1ccccc1Cl)O2. The normalized spacial score (nSPS) is 17.3. The number of nitrogens with zero attached hydrogens (tertiary/aromatic N) is 3. The van der Waals surface area contributed by atoms with Crippen molar-refractivity contribution in [1.82, 2.24) is 9.88 Å². The molecule has 3 heterocycles. The molecule has 0 radical (unpaired) electrons. The zero-order valence-corrected chi connectivity index (χ0v) is 19.0. The summed E-state index contributed by atoms with van der Waals surface area (Å²) in [4.78, 5) is 22.1. The molecule has 1 aromatic heterocycles. The average molecular weight is 462 g/mol. The predicted molar refractivity (Wildman–Crippen MR) is 129 cm³/mol. The standard InChI is InChI=1S/C26H24ClN3O3/c1-17-14-21(31)19(16-29-10-12-30(13-11-29)23-8-4-5-9-28-23)26-24(17)25(32)22(33-26)15-18-6-2-3-7-20(18)27/h2-9,14-15,31H,10-13,16H2,1H3/b22-15-. The molecular formula is C26H24ClN3O3. The molecule has 0 bridgehead atoms. The Hall–Kier alpha value is -3.35. The predicted octanol–water partition coefficient (Wildman–Crippen LogP) is 4.69. The summed E-state index contributed by atoms with van der Waals surface area (Å²) in [5.74, 6) is 1.59. The molecule has 0 atom stereocenters. The van der Waals surface area contributed by atoms with E-state index in [1.807, 2.05) is 43.3 Å². The molecule has 0 amide bonds. The third kappa shape index (κ3) is 4.19. The molecule has 1 N–H and O–H groups in total. The Labute approximate surface area is 197 Å². The van der Waals surface area contributed by atoms with Gasteiger partial charge in [-0.15, -0.1) is 0 Å². The number of anilines is 1. The molecule has 6 nitrogen and oxygen atoms in total. The zero-order chi connectivity index (χ0) is 22.9. The summed E-state index contributed by atoms with van der Waals surface area (Å²) in [6.07, 6.45) is 3.47. The highest BCUT2D eigenvalue weighted by Gasteiger charge is 2.34. The molecule has 0 spiro atoms. The van der Waals surface area contributed by atoms with E-state index in [0.29, 0.717) is 39.6 Å². The van der Waals surface area contributed by atoms with Gasteiger partial charge >= 0.3 is 0 Å². The number of benzene rings is 2. The molecule has 1 fully saturated rings. The lowest BCUT2D eigenvalue weighted by atomic mass is 9.99. The first-order valence-electron chi connectivity index (χ1n) is 10.9. The lowest BCUT2D eigenvalue weighted by molar-refractivity contribution is 0.101. The van der Waals surface area contributed by atoms with Crippen molar-refractivity contribution in [3.63, 3.8) is 0 Å². The quantitative estimate of drug-likeness (QED) is 0.569. The van der Waals surface area contributed by atoms with E-state index >= 15 is 0 Å². The number of piperazine rings is 1. The van der Waals surface area contributed by atoms with E-state index in [1.165, 1.54) is 0 Å². The van der Waals surface area contributed by atoms with Crippen molar-refractivity contribution in [2.24, 2.45) is 0 Å². The van der Waals surface area contributed by atoms with Gasteiger partial charge in [-0.25, -0.2) is 4.98 Å². The lowest BCUT2D eigenvalue weighted by Gasteiger charge is -2.35. The fraction of sp³-hybridized carbons (Fsp3) is 0.231. The van der Waals surface area contributed by atoms with E-state index in [0.717, 1.165) is 32.0 Å². The molecule has 0 saturated carbocycles. The molecule has 5 rings (SSSR count). The molecule has 33 heavy (non-hydrogen) atoms. The number of allylic oxidation sites excluding steroid dienone is 1. The van der Waals surface area contributed by atoms with Crippen LogP contribution in [0.1, 0.15) is 27.0 Å². The number of carbonyl (C=O) groups excluding carboxylic acids is 1. The fourth-order valence-corrected chi connectivity index (χ4v) is 4.56. The van der Waals surface area contributed by atoms with Crippen LogP contribution in [0.25, 0.3) is 6.08 Å². The smallest absolute Gasteiger partial charge is 0.232 e. The van der Waals surface area contributed by atoms with Crippen molar-refractivity contribution in [2.75, 3.05) is 31.1 Å². The number of hydrogen-bond acceptors (Lipinski definition) is 6. The number of carbonyl (C=O) groups is 1. The third-order valence-corrected chi connectivity index (χ3v) is 6.48. The van der Waals surface area contributed by atoms with E-state index in [2.05, 4.69) is 14.8 Å². The molecule has 7 heteroatoms. The van der Waals surface area contributed by atoms with Crippen LogP contribution in [0.15, 0.2) is 60.5 Å². The van der Waals surface area contributed by atoms with Crippen LogP contribution >= 0.6 is 11.6 Å². The zero-order valence-electron chi connectivity index (χ0n) is 18.3. The average Bonchev–Trinajstić information content (AvgIpc) is 3.15. The van der Waals surface area contributed by atoms with Gasteiger partial charge in [-0.05, 0) is 48.4 Å². The number of Topliss-reactive ketones (excluding diaryl/α,β-unsaturated/α-hetero) is 1. The summed E-state index contributed by atoms with van der Waals surface area (Å²) in [6.45, 7) is 5.61. The minimum atomic E-state index is -0.191. The van der Waals surface area contributed by atoms with Gasteiger partial charge < -0.3 is 14.7 Å². The number of fused-ring (bicyclic) bond motifs is 1. The van der Waals surface area contributed by atoms with Gasteiger partial charge in [0.25, 0.3) is 0 Å². The Kier molecular flexibility index (Phi) is 5.79. The second kappa shape index (κ2) is 8.89. The van der Waals surface area contributed by atoms with Gasteiger partial charge in [0.1, 0.15) is 17.3 Å². The van der Waals surface area contributed by atoms with Crippen molar-refractivity contribution in [2.45, 2.75) is 13.5 Å². The first-order chi connectivity index (χ1) is 16.0. The van der Waals surface area contributed by atoms with Crippen LogP contribution in [-0.2, 0) is 6.54 Å². The third-order valence-electron chi connectivity index (χ3n) is 6.14. The summed E-state index contributed by atoms with van der Waals surface area (Å²) in [7, 11) is 0. The Bertz CT molecular complexity index is 1240. The highest BCUT2D eigenvalue weighted by Crippen LogP contribution is 2.42. The maximum Gasteiger partial charge on any atom is 0.232 e. The molecular weight excluding hydrogens is 438 g/mol. The van der Waals surface area contributed by atoms with Gasteiger partial charge in [0.2, 0.25) is 5.78 Å². The molecule has 2 aliphatic rings. The van der Waals surface area contributed by atoms with Crippen molar-refractivity contribution < 1.29 is 14.6 Å². The first kappa shape index (κ1) is 21.5. The topological polar surface area (TPSA) is 65.9 Å². The molecule has 2 aromatic carbocycles. The minimum absolute atomic E-state index is 0.144. The van der Waals surface area contributed by atoms with Gasteiger partial charge in [-0.3, -0.25) is 9.69 Å². The van der Waals surface area contributed by atoms with E-state index in [1.54, 1.807) is 24.4 Å². The molecule has 0 unspecified atom stereocenters. The highest BCUT2D eigenvalue weighted by atomic mass is 35.5. The Morgan fingerprint density at radius 1 is 1.12 bits per heavy atom. The Morgan fingerprint density at radius 3 is 2.61 bits per heavy atom. The van der Waals surface area contributed by atoms with E-state index in [9.17, 15) is 9.90 Å². The summed E-state index contributed by atoms with van der Waals surface area (Å²) < 4.78 is 6.05. The van der Waals surface area contributed by atoms with Crippen molar-refractivity contribution >= 4 is 29.3 Å². The van der Waals surface area contributed by atoms with Gasteiger partial charge in [0.05, 0.1) is 11.1 Å². The van der Waals surface area contributed by atoms with Crippen LogP contribution in [0.5, 0.6) is 11.5 Å². The van der Waals surface area contributed by atoms with Crippen LogP contribution in [0, 0.1) is 6.92 Å². The monoisotopic (exact) mass is 461 g/mol. The van der Waals surface area contributed by atoms with Crippen LogP contribution in [0.3, 0.4) is 0 Å². The Balaban J connectivity index is 1.38. The number of phenols is 1. The first-order valence-corrected chi connectivity index (χ1v) is 11.3. The minimum Gasteiger partial charge on any atom is -0.507 e. The number of phenolic OH excluding ortho intramolecular Hbond substituents is 1. The summed E-state index contributed by atoms with van der Waals surface area (Å²) in [5, 5.41) is 11.3. The van der Waals surface area contributed by atoms with Crippen LogP contribution in [0.2, 0.25) is 5.02 Å². The van der Waals surface area contributed by atoms with Gasteiger partial charge in [0, 0.05) is 43.9 Å². The lowest BCUT2D eigenvalue weighted by Crippen LogP contribution is -2.46. The van der Waals surface area contributed by atoms with Gasteiger partial charge in [-0.2, -0.15) is 0 Å².